The normalized spacial score (nSPS) is 13.6. The lowest BCUT2D eigenvalue weighted by atomic mass is 10.3. The summed E-state index contributed by atoms with van der Waals surface area (Å²) in [4.78, 5) is 59.3. The van der Waals surface area contributed by atoms with Crippen LogP contribution in [-0.4, -0.2) is 36.5 Å². The lowest BCUT2D eigenvalue weighted by Gasteiger charge is -2.09. The van der Waals surface area contributed by atoms with Crippen molar-refractivity contribution in [1.29, 1.82) is 0 Å². The maximum absolute atomic E-state index is 12.4. The van der Waals surface area contributed by atoms with E-state index in [4.69, 9.17) is 0 Å². The first kappa shape index (κ1) is 17.8. The van der Waals surface area contributed by atoms with Gasteiger partial charge in [0.05, 0.1) is 17.4 Å². The summed E-state index contributed by atoms with van der Waals surface area (Å²) in [7, 11) is 0. The van der Waals surface area contributed by atoms with Crippen molar-refractivity contribution in [2.75, 3.05) is 6.54 Å². The Morgan fingerprint density at radius 2 is 2.07 bits per heavy atom. The van der Waals surface area contributed by atoms with Crippen LogP contribution in [0.2, 0.25) is 0 Å². The zero-order valence-corrected chi connectivity index (χ0v) is 14.9. The van der Waals surface area contributed by atoms with E-state index in [0.717, 1.165) is 23.1 Å². The molecule has 28 heavy (non-hydrogen) atoms. The Morgan fingerprint density at radius 1 is 1.25 bits per heavy atom. The van der Waals surface area contributed by atoms with E-state index in [1.54, 1.807) is 12.1 Å². The van der Waals surface area contributed by atoms with E-state index in [1.807, 2.05) is 0 Å². The highest BCUT2D eigenvalue weighted by Gasteiger charge is 2.25. The molecule has 1 fully saturated rings. The van der Waals surface area contributed by atoms with Gasteiger partial charge in [0.15, 0.2) is 0 Å². The average molecular weight is 382 g/mol. The van der Waals surface area contributed by atoms with Gasteiger partial charge in [-0.1, -0.05) is 0 Å². The molecule has 0 atom stereocenters. The van der Waals surface area contributed by atoms with Crippen molar-refractivity contribution >= 4 is 16.9 Å². The summed E-state index contributed by atoms with van der Waals surface area (Å²) < 4.78 is 2.23. The molecular weight excluding hydrogens is 364 g/mol. The molecule has 0 saturated heterocycles. The predicted molar refractivity (Wildman–Crippen MR) is 100 cm³/mol. The number of carbonyl (C=O) groups excluding carboxylic acids is 1. The van der Waals surface area contributed by atoms with Gasteiger partial charge in [-0.3, -0.25) is 28.5 Å². The number of hydrogen-bond donors (Lipinski definition) is 2. The fourth-order valence-electron chi connectivity index (χ4n) is 2.97. The number of H-pyrrole nitrogens is 1. The molecule has 1 saturated carbocycles. The van der Waals surface area contributed by atoms with E-state index in [1.165, 1.54) is 23.2 Å². The molecule has 0 radical (unpaired) electrons. The van der Waals surface area contributed by atoms with E-state index < -0.39 is 17.2 Å². The van der Waals surface area contributed by atoms with Gasteiger partial charge in [-0.25, -0.2) is 14.8 Å². The minimum atomic E-state index is -0.596. The van der Waals surface area contributed by atoms with Gasteiger partial charge in [-0.15, -0.1) is 0 Å². The standard InChI is InChI=1S/C18H18N6O4/c25-14(9-23-10-21-13(8-15(23)26)11-3-4-11)19-6-7-24-17(27)12-2-1-5-20-16(12)22-18(24)28/h1-2,5,8,10-11H,3-4,6-7,9H2,(H,19,25)(H,20,22,28). The third-order valence-electron chi connectivity index (χ3n) is 4.62. The van der Waals surface area contributed by atoms with Crippen LogP contribution in [0.4, 0.5) is 0 Å². The number of rotatable bonds is 6. The van der Waals surface area contributed by atoms with Gasteiger partial charge in [0.1, 0.15) is 12.2 Å². The Hall–Kier alpha value is -3.56. The SMILES string of the molecule is O=C(Cn1cnc(C2CC2)cc1=O)NCCn1c(=O)[nH]c2ncccc2c1=O. The zero-order chi connectivity index (χ0) is 19.7. The molecule has 10 heteroatoms. The number of aromatic nitrogens is 5. The number of pyridine rings is 1. The summed E-state index contributed by atoms with van der Waals surface area (Å²) in [5.74, 6) is -0.0419. The highest BCUT2D eigenvalue weighted by atomic mass is 16.2. The molecule has 1 aliphatic rings. The molecule has 2 N–H and O–H groups in total. The monoisotopic (exact) mass is 382 g/mol. The number of aromatic amines is 1. The van der Waals surface area contributed by atoms with Crippen LogP contribution in [-0.2, 0) is 17.9 Å². The van der Waals surface area contributed by atoms with Gasteiger partial charge in [0.25, 0.3) is 11.1 Å². The highest BCUT2D eigenvalue weighted by molar-refractivity contribution is 5.75. The Bertz CT molecular complexity index is 1220. The Morgan fingerprint density at radius 3 is 2.82 bits per heavy atom. The summed E-state index contributed by atoms with van der Waals surface area (Å²) >= 11 is 0. The molecule has 3 aromatic heterocycles. The lowest BCUT2D eigenvalue weighted by Crippen LogP contribution is -2.40. The van der Waals surface area contributed by atoms with Crippen molar-refractivity contribution in [3.63, 3.8) is 0 Å². The molecule has 0 bridgehead atoms. The van der Waals surface area contributed by atoms with E-state index >= 15 is 0 Å². The lowest BCUT2D eigenvalue weighted by molar-refractivity contribution is -0.121. The predicted octanol–water partition coefficient (Wildman–Crippen LogP) is -0.665. The Balaban J connectivity index is 1.39. The van der Waals surface area contributed by atoms with E-state index in [2.05, 4.69) is 20.3 Å². The van der Waals surface area contributed by atoms with Crippen LogP contribution in [0.25, 0.3) is 11.0 Å². The Kier molecular flexibility index (Phi) is 4.60. The summed E-state index contributed by atoms with van der Waals surface area (Å²) in [5.41, 5.74) is -0.356. The van der Waals surface area contributed by atoms with Crippen LogP contribution < -0.4 is 22.1 Å². The maximum Gasteiger partial charge on any atom is 0.330 e. The van der Waals surface area contributed by atoms with Crippen molar-refractivity contribution in [3.8, 4) is 0 Å². The number of amides is 1. The minimum absolute atomic E-state index is 0.00148. The molecule has 3 aromatic rings. The molecule has 3 heterocycles. The Labute approximate surface area is 157 Å². The van der Waals surface area contributed by atoms with Gasteiger partial charge in [-0.2, -0.15) is 0 Å². The zero-order valence-electron chi connectivity index (χ0n) is 14.9. The van der Waals surface area contributed by atoms with E-state index in [9.17, 15) is 19.2 Å². The van der Waals surface area contributed by atoms with Crippen molar-refractivity contribution < 1.29 is 4.79 Å². The topological polar surface area (TPSA) is 132 Å². The second-order valence-electron chi connectivity index (χ2n) is 6.69. The van der Waals surface area contributed by atoms with Crippen molar-refractivity contribution in [2.24, 2.45) is 0 Å². The maximum atomic E-state index is 12.4. The van der Waals surface area contributed by atoms with Crippen molar-refractivity contribution in [1.82, 2.24) is 29.4 Å². The summed E-state index contributed by atoms with van der Waals surface area (Å²) in [6.07, 6.45) is 4.94. The summed E-state index contributed by atoms with van der Waals surface area (Å²) in [5, 5.41) is 2.90. The molecule has 1 amide bonds. The summed E-state index contributed by atoms with van der Waals surface area (Å²) in [6.45, 7) is -0.113. The van der Waals surface area contributed by atoms with Crippen molar-refractivity contribution in [3.05, 3.63) is 67.6 Å². The third kappa shape index (κ3) is 3.61. The van der Waals surface area contributed by atoms with Gasteiger partial charge >= 0.3 is 5.69 Å². The number of carbonyl (C=O) groups is 1. The average Bonchev–Trinajstić information content (AvgIpc) is 3.51. The highest BCUT2D eigenvalue weighted by Crippen LogP contribution is 2.38. The van der Waals surface area contributed by atoms with Crippen LogP contribution in [0, 0.1) is 0 Å². The van der Waals surface area contributed by atoms with E-state index in [-0.39, 0.29) is 30.8 Å². The molecule has 144 valence electrons. The smallest absolute Gasteiger partial charge is 0.330 e. The third-order valence-corrected chi connectivity index (χ3v) is 4.62. The van der Waals surface area contributed by atoms with Crippen LogP contribution in [0.15, 0.2) is 45.1 Å². The second kappa shape index (κ2) is 7.22. The van der Waals surface area contributed by atoms with Crippen LogP contribution in [0.3, 0.4) is 0 Å². The van der Waals surface area contributed by atoms with Gasteiger partial charge in [0.2, 0.25) is 5.91 Å². The van der Waals surface area contributed by atoms with Gasteiger partial charge in [0, 0.05) is 31.3 Å². The van der Waals surface area contributed by atoms with Crippen LogP contribution in [0.1, 0.15) is 24.5 Å². The molecule has 0 spiro atoms. The van der Waals surface area contributed by atoms with Crippen LogP contribution >= 0.6 is 0 Å². The van der Waals surface area contributed by atoms with Gasteiger partial charge < -0.3 is 5.32 Å². The molecule has 0 aliphatic heterocycles. The quantitative estimate of drug-likeness (QED) is 0.581. The minimum Gasteiger partial charge on any atom is -0.353 e. The molecule has 1 aliphatic carbocycles. The first-order valence-electron chi connectivity index (χ1n) is 8.94. The molecular formula is C18H18N6O4. The first-order valence-corrected chi connectivity index (χ1v) is 8.94. The van der Waals surface area contributed by atoms with E-state index in [0.29, 0.717) is 11.3 Å². The molecule has 0 aromatic carbocycles. The van der Waals surface area contributed by atoms with Crippen molar-refractivity contribution in [2.45, 2.75) is 31.8 Å². The molecule has 0 unspecified atom stereocenters. The second-order valence-corrected chi connectivity index (χ2v) is 6.69. The molecule has 4 rings (SSSR count). The molecule has 10 nitrogen and oxygen atoms in total. The summed E-state index contributed by atoms with van der Waals surface area (Å²) in [6, 6.07) is 4.64. The largest absolute Gasteiger partial charge is 0.353 e. The number of nitrogens with one attached hydrogen (secondary N) is 2. The fourth-order valence-corrected chi connectivity index (χ4v) is 2.97. The van der Waals surface area contributed by atoms with Crippen LogP contribution in [0.5, 0.6) is 0 Å². The van der Waals surface area contributed by atoms with Gasteiger partial charge in [-0.05, 0) is 25.0 Å². The number of hydrogen-bond acceptors (Lipinski definition) is 6. The fraction of sp³-hybridized carbons (Fsp3) is 0.333. The first-order chi connectivity index (χ1) is 13.5. The number of fused-ring (bicyclic) bond motifs is 1. The number of nitrogens with zero attached hydrogens (tertiary/aromatic N) is 4.